The molecular weight excluding hydrogens is 548 g/mol. The van der Waals surface area contributed by atoms with Crippen LogP contribution in [0.15, 0.2) is 6.07 Å². The first-order chi connectivity index (χ1) is 20.1. The summed E-state index contributed by atoms with van der Waals surface area (Å²) in [4.78, 5) is 6.40. The van der Waals surface area contributed by atoms with Gasteiger partial charge in [0.2, 0.25) is 11.8 Å². The lowest BCUT2D eigenvalue weighted by molar-refractivity contribution is 0.0475. The van der Waals surface area contributed by atoms with Crippen LogP contribution in [-0.4, -0.2) is 83.6 Å². The van der Waals surface area contributed by atoms with E-state index >= 15 is 0 Å². The molecule has 222 valence electrons. The zero-order valence-electron chi connectivity index (χ0n) is 24.1. The Morgan fingerprint density at radius 1 is 1.26 bits per heavy atom. The molecule has 5 rings (SSSR count). The average Bonchev–Trinajstić information content (AvgIpc) is 3.60. The van der Waals surface area contributed by atoms with Gasteiger partial charge in [-0.05, 0) is 45.9 Å². The predicted octanol–water partition coefficient (Wildman–Crippen LogP) is 3.65. The third kappa shape index (κ3) is 5.45. The Labute approximate surface area is 241 Å². The van der Waals surface area contributed by atoms with Crippen molar-refractivity contribution in [3.8, 4) is 29.1 Å². The van der Waals surface area contributed by atoms with E-state index in [-0.39, 0.29) is 32.2 Å². The molecule has 0 aromatic carbocycles. The average molecular weight is 582 g/mol. The van der Waals surface area contributed by atoms with Gasteiger partial charge in [-0.1, -0.05) is 0 Å². The number of H-pyrrole nitrogens is 1. The van der Waals surface area contributed by atoms with Crippen molar-refractivity contribution >= 4 is 23.1 Å². The van der Waals surface area contributed by atoms with Gasteiger partial charge in [0.05, 0.1) is 58.8 Å². The number of aryl methyl sites for hydroxylation is 3. The van der Waals surface area contributed by atoms with Crippen molar-refractivity contribution in [1.82, 2.24) is 39.6 Å². The molecule has 0 unspecified atom stereocenters. The summed E-state index contributed by atoms with van der Waals surface area (Å²) in [6, 6.07) is 2.91. The van der Waals surface area contributed by atoms with Gasteiger partial charge in [-0.3, -0.25) is 19.7 Å². The molecule has 4 aromatic rings. The number of hydrogen-bond acceptors (Lipinski definition) is 9. The highest BCUT2D eigenvalue weighted by Gasteiger charge is 2.28. The summed E-state index contributed by atoms with van der Waals surface area (Å²) in [5.74, 6) is 0.634. The molecule has 12 nitrogen and oxygen atoms in total. The van der Waals surface area contributed by atoms with Crippen molar-refractivity contribution in [1.29, 1.82) is 5.26 Å². The number of aliphatic hydroxyl groups excluding tert-OH is 1. The van der Waals surface area contributed by atoms with Gasteiger partial charge < -0.3 is 14.6 Å². The number of fused-ring (bicyclic) bond motifs is 4. The van der Waals surface area contributed by atoms with E-state index in [0.29, 0.717) is 51.0 Å². The molecule has 1 aliphatic heterocycles. The first-order valence-electron chi connectivity index (χ1n) is 13.6. The van der Waals surface area contributed by atoms with Crippen LogP contribution in [0, 0.1) is 25.2 Å². The van der Waals surface area contributed by atoms with Gasteiger partial charge in [-0.25, -0.2) is 13.5 Å². The molecule has 14 heteroatoms. The third-order valence-electron chi connectivity index (χ3n) is 7.37. The lowest BCUT2D eigenvalue weighted by atomic mass is 10.1. The van der Waals surface area contributed by atoms with E-state index in [4.69, 9.17) is 14.5 Å². The van der Waals surface area contributed by atoms with E-state index in [1.54, 1.807) is 40.4 Å². The van der Waals surface area contributed by atoms with Crippen molar-refractivity contribution < 1.29 is 23.4 Å². The molecule has 0 fully saturated rings. The number of ether oxygens (including phenoxy) is 2. The van der Waals surface area contributed by atoms with Gasteiger partial charge in [-0.2, -0.15) is 15.5 Å². The standard InChI is InChI=1S/C28H33F2N9O3/c1-15(13-40)39-23-11-38(12-24(29)30)16(2)14-42-28-25(17(3)35-37(28)5)22-10-20-21(33-34-26(20)18(4)32-22)7-6-19(23)27(36-39)41-9-8-31/h6-7,10,15-16,24,40H,9,11-14H2,1-5H3,(H,33,34)/b7-6+/t15-,16+/m0/s1. The van der Waals surface area contributed by atoms with Crippen molar-refractivity contribution in [2.75, 3.05) is 26.4 Å². The van der Waals surface area contributed by atoms with Crippen molar-refractivity contribution in [3.63, 3.8) is 0 Å². The number of halogens is 2. The fourth-order valence-electron chi connectivity index (χ4n) is 5.22. The Morgan fingerprint density at radius 2 is 2.05 bits per heavy atom. The van der Waals surface area contributed by atoms with E-state index in [2.05, 4.69) is 20.4 Å². The van der Waals surface area contributed by atoms with E-state index in [1.807, 2.05) is 32.9 Å². The second-order valence-electron chi connectivity index (χ2n) is 10.4. The molecule has 0 saturated carbocycles. The van der Waals surface area contributed by atoms with Crippen LogP contribution in [0.25, 0.3) is 34.3 Å². The lowest BCUT2D eigenvalue weighted by Crippen LogP contribution is -2.41. The molecule has 2 bridgehead atoms. The monoisotopic (exact) mass is 581 g/mol. The largest absolute Gasteiger partial charge is 0.476 e. The van der Waals surface area contributed by atoms with Crippen molar-refractivity contribution in [2.45, 2.75) is 52.7 Å². The minimum Gasteiger partial charge on any atom is -0.476 e. The minimum atomic E-state index is -2.61. The number of nitrogens with one attached hydrogen (secondary N) is 1. The fourth-order valence-corrected chi connectivity index (χ4v) is 5.22. The number of rotatable bonds is 6. The van der Waals surface area contributed by atoms with Crippen LogP contribution in [0.1, 0.15) is 48.2 Å². The van der Waals surface area contributed by atoms with Crippen LogP contribution in [-0.2, 0) is 13.6 Å². The van der Waals surface area contributed by atoms with E-state index in [9.17, 15) is 19.1 Å². The Kier molecular flexibility index (Phi) is 8.24. The molecule has 0 amide bonds. The highest BCUT2D eigenvalue weighted by Crippen LogP contribution is 2.36. The smallest absolute Gasteiger partial charge is 0.251 e. The normalized spacial score (nSPS) is 17.3. The Hall–Kier alpha value is -4.35. The summed E-state index contributed by atoms with van der Waals surface area (Å²) in [5.41, 5.74) is 5.19. The molecule has 5 heterocycles. The van der Waals surface area contributed by atoms with Crippen LogP contribution in [0.5, 0.6) is 11.8 Å². The molecule has 0 aliphatic carbocycles. The topological polar surface area (TPSA) is 143 Å². The Morgan fingerprint density at radius 3 is 2.76 bits per heavy atom. The zero-order chi connectivity index (χ0) is 30.1. The highest BCUT2D eigenvalue weighted by molar-refractivity contribution is 5.93. The van der Waals surface area contributed by atoms with Crippen LogP contribution in [0.3, 0.4) is 0 Å². The maximum atomic E-state index is 13.9. The second-order valence-corrected chi connectivity index (χ2v) is 10.4. The maximum Gasteiger partial charge on any atom is 0.251 e. The molecule has 4 aromatic heterocycles. The fraction of sp³-hybridized carbons (Fsp3) is 0.464. The lowest BCUT2D eigenvalue weighted by Gasteiger charge is -2.29. The summed E-state index contributed by atoms with van der Waals surface area (Å²) in [6.07, 6.45) is 0.955. The number of aromatic amines is 1. The van der Waals surface area contributed by atoms with Crippen LogP contribution < -0.4 is 9.47 Å². The Balaban J connectivity index is 1.76. The minimum absolute atomic E-state index is 0.0475. The number of hydrogen-bond donors (Lipinski definition) is 2. The van der Waals surface area contributed by atoms with Gasteiger partial charge in [0, 0.05) is 25.0 Å². The number of alkyl halides is 2. The van der Waals surface area contributed by atoms with Crippen LogP contribution >= 0.6 is 0 Å². The van der Waals surface area contributed by atoms with E-state index in [1.165, 1.54) is 0 Å². The highest BCUT2D eigenvalue weighted by atomic mass is 19.3. The molecule has 0 spiro atoms. The maximum absolute atomic E-state index is 13.9. The molecule has 42 heavy (non-hydrogen) atoms. The second kappa shape index (κ2) is 11.9. The van der Waals surface area contributed by atoms with E-state index in [0.717, 1.165) is 5.39 Å². The summed E-state index contributed by atoms with van der Waals surface area (Å²) < 4.78 is 43.0. The first-order valence-corrected chi connectivity index (χ1v) is 13.6. The quantitative estimate of drug-likeness (QED) is 0.349. The summed E-state index contributed by atoms with van der Waals surface area (Å²) in [7, 11) is 1.77. The molecule has 0 saturated heterocycles. The van der Waals surface area contributed by atoms with Gasteiger partial charge in [0.1, 0.15) is 18.2 Å². The number of aliphatic hydroxyl groups is 1. The number of nitriles is 1. The number of aromatic nitrogens is 7. The first kappa shape index (κ1) is 29.2. The van der Waals surface area contributed by atoms with Gasteiger partial charge in [-0.15, -0.1) is 5.10 Å². The van der Waals surface area contributed by atoms with Crippen molar-refractivity contribution in [2.24, 2.45) is 7.05 Å². The van der Waals surface area contributed by atoms with Crippen LogP contribution in [0.2, 0.25) is 0 Å². The molecule has 0 radical (unpaired) electrons. The van der Waals surface area contributed by atoms with Crippen LogP contribution in [0.4, 0.5) is 8.78 Å². The van der Waals surface area contributed by atoms with E-state index < -0.39 is 25.1 Å². The third-order valence-corrected chi connectivity index (χ3v) is 7.37. The van der Waals surface area contributed by atoms with Gasteiger partial charge >= 0.3 is 0 Å². The number of pyridine rings is 1. The molecule has 1 aliphatic rings. The SMILES string of the molecule is Cc1nn(C)c2c1-c1cc3c([nH]nc3c(C)n1)/C=C/c1c(OCC#N)nn([C@@H](C)CO)c1CN(CC(F)F)[C@H](C)CO2. The Bertz CT molecular complexity index is 1670. The van der Waals surface area contributed by atoms with Crippen molar-refractivity contribution in [3.05, 3.63) is 34.4 Å². The summed E-state index contributed by atoms with van der Waals surface area (Å²) in [6.45, 7) is 6.42. The summed E-state index contributed by atoms with van der Waals surface area (Å²) >= 11 is 0. The summed E-state index contributed by atoms with van der Waals surface area (Å²) in [5, 5.41) is 36.6. The van der Waals surface area contributed by atoms with Gasteiger partial charge in [0.25, 0.3) is 6.43 Å². The number of nitrogens with zero attached hydrogens (tertiary/aromatic N) is 8. The zero-order valence-corrected chi connectivity index (χ0v) is 24.1. The van der Waals surface area contributed by atoms with Gasteiger partial charge in [0.15, 0.2) is 6.61 Å². The predicted molar refractivity (Wildman–Crippen MR) is 151 cm³/mol. The molecule has 2 N–H and O–H groups in total. The molecule has 2 atom stereocenters. The molecular formula is C28H33F2N9O3.